The highest BCUT2D eigenvalue weighted by molar-refractivity contribution is 7.89. The molecule has 0 aromatic heterocycles. The van der Waals surface area contributed by atoms with Gasteiger partial charge >= 0.3 is 0 Å². The van der Waals surface area contributed by atoms with E-state index in [1.807, 2.05) is 6.92 Å². The largest absolute Gasteiger partial charge is 0.317 e. The van der Waals surface area contributed by atoms with Crippen molar-refractivity contribution in [2.75, 3.05) is 19.6 Å². The van der Waals surface area contributed by atoms with Gasteiger partial charge in [-0.15, -0.1) is 0 Å². The smallest absolute Gasteiger partial charge is 0.242 e. The van der Waals surface area contributed by atoms with E-state index in [1.165, 1.54) is 6.07 Å². The SMILES string of the molecule is CCNCCCNS(=O)(=O)c1cccc(Cl)c1Cl. The normalized spacial score (nSPS) is 11.7. The average molecular weight is 311 g/mol. The Labute approximate surface area is 118 Å². The zero-order valence-corrected chi connectivity index (χ0v) is 12.4. The fraction of sp³-hybridized carbons (Fsp3) is 0.455. The topological polar surface area (TPSA) is 58.2 Å². The van der Waals surface area contributed by atoms with Crippen LogP contribution >= 0.6 is 23.2 Å². The lowest BCUT2D eigenvalue weighted by Crippen LogP contribution is -2.27. The molecule has 0 saturated carbocycles. The molecule has 0 radical (unpaired) electrons. The Kier molecular flexibility index (Phi) is 6.38. The van der Waals surface area contributed by atoms with Crippen molar-refractivity contribution in [2.24, 2.45) is 0 Å². The van der Waals surface area contributed by atoms with Crippen LogP contribution in [-0.4, -0.2) is 28.1 Å². The highest BCUT2D eigenvalue weighted by Crippen LogP contribution is 2.28. The number of rotatable bonds is 7. The van der Waals surface area contributed by atoms with E-state index in [-0.39, 0.29) is 14.9 Å². The molecule has 0 aliphatic heterocycles. The molecular formula is C11H16Cl2N2O2S. The van der Waals surface area contributed by atoms with Gasteiger partial charge in [-0.3, -0.25) is 0 Å². The van der Waals surface area contributed by atoms with Crippen LogP contribution in [0, 0.1) is 0 Å². The van der Waals surface area contributed by atoms with Gasteiger partial charge in [0.05, 0.1) is 10.0 Å². The number of nitrogens with one attached hydrogen (secondary N) is 2. The monoisotopic (exact) mass is 310 g/mol. The third kappa shape index (κ3) is 4.40. The van der Waals surface area contributed by atoms with Gasteiger partial charge in [-0.2, -0.15) is 0 Å². The maximum absolute atomic E-state index is 12.0. The van der Waals surface area contributed by atoms with Crippen LogP contribution in [0.2, 0.25) is 10.0 Å². The number of hydrogen-bond donors (Lipinski definition) is 2. The van der Waals surface area contributed by atoms with Gasteiger partial charge in [0.25, 0.3) is 0 Å². The summed E-state index contributed by atoms with van der Waals surface area (Å²) >= 11 is 11.7. The van der Waals surface area contributed by atoms with E-state index in [1.54, 1.807) is 12.1 Å². The minimum atomic E-state index is -3.59. The summed E-state index contributed by atoms with van der Waals surface area (Å²) in [5.74, 6) is 0. The standard InChI is InChI=1S/C11H16Cl2N2O2S/c1-2-14-7-4-8-15-18(16,17)10-6-3-5-9(12)11(10)13/h3,5-6,14-15H,2,4,7-8H2,1H3. The highest BCUT2D eigenvalue weighted by atomic mass is 35.5. The van der Waals surface area contributed by atoms with Crippen molar-refractivity contribution in [2.45, 2.75) is 18.2 Å². The Morgan fingerprint density at radius 3 is 2.61 bits per heavy atom. The van der Waals surface area contributed by atoms with Crippen LogP contribution in [0.15, 0.2) is 23.1 Å². The third-order valence-electron chi connectivity index (χ3n) is 2.28. The number of hydrogen-bond acceptors (Lipinski definition) is 3. The highest BCUT2D eigenvalue weighted by Gasteiger charge is 2.18. The molecule has 1 rings (SSSR count). The number of benzene rings is 1. The summed E-state index contributed by atoms with van der Waals surface area (Å²) in [6.45, 7) is 3.99. The van der Waals surface area contributed by atoms with Crippen molar-refractivity contribution in [1.82, 2.24) is 10.0 Å². The fourth-order valence-electron chi connectivity index (χ4n) is 1.37. The summed E-state index contributed by atoms with van der Waals surface area (Å²) in [5, 5.41) is 3.40. The number of sulfonamides is 1. The van der Waals surface area contributed by atoms with E-state index in [0.29, 0.717) is 13.0 Å². The van der Waals surface area contributed by atoms with Gasteiger partial charge in [-0.05, 0) is 31.6 Å². The van der Waals surface area contributed by atoms with Crippen molar-refractivity contribution in [3.8, 4) is 0 Å². The summed E-state index contributed by atoms with van der Waals surface area (Å²) in [7, 11) is -3.59. The molecule has 0 amide bonds. The molecular weight excluding hydrogens is 295 g/mol. The lowest BCUT2D eigenvalue weighted by atomic mass is 10.4. The van der Waals surface area contributed by atoms with E-state index >= 15 is 0 Å². The summed E-state index contributed by atoms with van der Waals surface area (Å²) in [6.07, 6.45) is 0.714. The maximum atomic E-state index is 12.0. The first kappa shape index (κ1) is 15.7. The van der Waals surface area contributed by atoms with E-state index in [2.05, 4.69) is 10.0 Å². The van der Waals surface area contributed by atoms with Crippen LogP contribution in [0.25, 0.3) is 0 Å². The Bertz CT molecular complexity index is 492. The third-order valence-corrected chi connectivity index (χ3v) is 4.71. The van der Waals surface area contributed by atoms with E-state index in [4.69, 9.17) is 23.2 Å². The molecule has 4 nitrogen and oxygen atoms in total. The summed E-state index contributed by atoms with van der Waals surface area (Å²) in [5.41, 5.74) is 0. The summed E-state index contributed by atoms with van der Waals surface area (Å²) in [4.78, 5) is 0.0140. The molecule has 0 spiro atoms. The fourth-order valence-corrected chi connectivity index (χ4v) is 3.20. The van der Waals surface area contributed by atoms with Gasteiger partial charge in [0.1, 0.15) is 4.90 Å². The molecule has 0 aliphatic rings. The minimum Gasteiger partial charge on any atom is -0.317 e. The van der Waals surface area contributed by atoms with Crippen LogP contribution in [-0.2, 0) is 10.0 Å². The van der Waals surface area contributed by atoms with Gasteiger partial charge in [-0.1, -0.05) is 36.2 Å². The quantitative estimate of drug-likeness (QED) is 0.760. The zero-order valence-electron chi connectivity index (χ0n) is 10.0. The lowest BCUT2D eigenvalue weighted by molar-refractivity contribution is 0.575. The van der Waals surface area contributed by atoms with E-state index in [9.17, 15) is 8.42 Å². The molecule has 0 saturated heterocycles. The molecule has 0 unspecified atom stereocenters. The second kappa shape index (κ2) is 7.31. The molecule has 0 aliphatic carbocycles. The Morgan fingerprint density at radius 2 is 1.94 bits per heavy atom. The maximum Gasteiger partial charge on any atom is 0.242 e. The summed E-state index contributed by atoms with van der Waals surface area (Å²) in [6, 6.07) is 4.54. The molecule has 1 aromatic carbocycles. The van der Waals surface area contributed by atoms with Crippen LogP contribution in [0.1, 0.15) is 13.3 Å². The van der Waals surface area contributed by atoms with Crippen molar-refractivity contribution < 1.29 is 8.42 Å². The summed E-state index contributed by atoms with van der Waals surface area (Å²) < 4.78 is 26.4. The number of halogens is 2. The molecule has 1 aromatic rings. The van der Waals surface area contributed by atoms with Gasteiger partial charge in [0, 0.05) is 6.54 Å². The van der Waals surface area contributed by atoms with Crippen molar-refractivity contribution in [3.63, 3.8) is 0 Å². The Morgan fingerprint density at radius 1 is 1.22 bits per heavy atom. The van der Waals surface area contributed by atoms with Crippen molar-refractivity contribution >= 4 is 33.2 Å². The van der Waals surface area contributed by atoms with E-state index in [0.717, 1.165) is 13.1 Å². The van der Waals surface area contributed by atoms with Crippen molar-refractivity contribution in [3.05, 3.63) is 28.2 Å². The Hall–Kier alpha value is -0.330. The second-order valence-electron chi connectivity index (χ2n) is 3.66. The van der Waals surface area contributed by atoms with Gasteiger partial charge in [0.2, 0.25) is 10.0 Å². The van der Waals surface area contributed by atoms with Gasteiger partial charge in [0.15, 0.2) is 0 Å². The van der Waals surface area contributed by atoms with Crippen LogP contribution in [0.3, 0.4) is 0 Å². The van der Waals surface area contributed by atoms with Crippen LogP contribution in [0.5, 0.6) is 0 Å². The van der Waals surface area contributed by atoms with Gasteiger partial charge < -0.3 is 5.32 Å². The first-order valence-corrected chi connectivity index (χ1v) is 7.87. The lowest BCUT2D eigenvalue weighted by Gasteiger charge is -2.09. The molecule has 0 bridgehead atoms. The predicted molar refractivity (Wildman–Crippen MR) is 74.8 cm³/mol. The Balaban J connectivity index is 2.66. The predicted octanol–water partition coefficient (Wildman–Crippen LogP) is 2.27. The van der Waals surface area contributed by atoms with Crippen LogP contribution < -0.4 is 10.0 Å². The van der Waals surface area contributed by atoms with Gasteiger partial charge in [-0.25, -0.2) is 13.1 Å². The molecule has 0 atom stereocenters. The molecule has 7 heteroatoms. The molecule has 2 N–H and O–H groups in total. The van der Waals surface area contributed by atoms with Crippen molar-refractivity contribution in [1.29, 1.82) is 0 Å². The van der Waals surface area contributed by atoms with Crippen LogP contribution in [0.4, 0.5) is 0 Å². The second-order valence-corrected chi connectivity index (χ2v) is 6.18. The first-order chi connectivity index (χ1) is 8.49. The molecule has 0 fully saturated rings. The first-order valence-electron chi connectivity index (χ1n) is 5.63. The van der Waals surface area contributed by atoms with E-state index < -0.39 is 10.0 Å². The minimum absolute atomic E-state index is 0.0140. The molecule has 0 heterocycles. The zero-order chi connectivity index (χ0) is 13.6. The molecule has 102 valence electrons. The average Bonchev–Trinajstić information content (AvgIpc) is 2.32. The molecule has 18 heavy (non-hydrogen) atoms.